The smallest absolute Gasteiger partial charge is 0.338 e. The molecule has 10 aromatic rings. The molecule has 0 saturated carbocycles. The second kappa shape index (κ2) is 34.5. The van der Waals surface area contributed by atoms with Gasteiger partial charge in [0.2, 0.25) is 11.5 Å². The molecule has 0 heterocycles. The lowest BCUT2D eigenvalue weighted by Crippen LogP contribution is -2.55. The Balaban J connectivity index is 1.05. The summed E-state index contributed by atoms with van der Waals surface area (Å²) in [4.78, 5) is 59.4. The third-order valence-corrected chi connectivity index (χ3v) is 16.4. The van der Waals surface area contributed by atoms with Gasteiger partial charge >= 0.3 is 23.9 Å². The van der Waals surface area contributed by atoms with Crippen molar-refractivity contribution in [1.29, 1.82) is 0 Å². The second-order valence-corrected chi connectivity index (χ2v) is 23.7. The third-order valence-electron chi connectivity index (χ3n) is 16.4. The first kappa shape index (κ1) is 70.4. The second-order valence-electron chi connectivity index (χ2n) is 23.7. The van der Waals surface area contributed by atoms with E-state index in [1.165, 1.54) is 37.4 Å². The van der Waals surface area contributed by atoms with Crippen molar-refractivity contribution in [1.82, 2.24) is 0 Å². The van der Waals surface area contributed by atoms with Crippen LogP contribution in [0.25, 0.3) is 0 Å². The minimum absolute atomic E-state index is 0.0390. The highest BCUT2D eigenvalue weighted by Crippen LogP contribution is 2.43. The van der Waals surface area contributed by atoms with E-state index in [4.69, 9.17) is 56.8 Å². The van der Waals surface area contributed by atoms with Gasteiger partial charge in [-0.3, -0.25) is 0 Å². The van der Waals surface area contributed by atoms with Gasteiger partial charge in [-0.05, 0) is 144 Å². The standard InChI is InChI=1S/C82H78O17/c1-55-37-66(38-56(2)58(55)4)78(83)95-51-75(99-81(86)67-39-57(3)59(5)70(40-67)98-54-88-6)82(87,52-96-79(84)68-41-71(89-45-60-25-13-7-14-26-60)76(93-49-64-33-21-11-22-34-64)72(42-68)90-46-61-27-15-8-16-28-61)53-97-80(85)69-43-73(91-47-62-29-17-9-18-30-62)77(94-50-65-35-23-12-24-36-65)74(44-69)92-48-63-31-19-10-20-32-63/h7-44,75,87H,45-54H2,1-6H3. The highest BCUT2D eigenvalue weighted by atomic mass is 16.7. The van der Waals surface area contributed by atoms with Crippen LogP contribution < -0.4 is 33.2 Å². The Hall–Kier alpha value is -11.4. The van der Waals surface area contributed by atoms with Crippen molar-refractivity contribution >= 4 is 23.9 Å². The minimum Gasteiger partial charge on any atom is -0.485 e. The molecule has 0 radical (unpaired) electrons. The van der Waals surface area contributed by atoms with Crippen LogP contribution in [0.15, 0.2) is 231 Å². The molecule has 99 heavy (non-hydrogen) atoms. The van der Waals surface area contributed by atoms with E-state index in [2.05, 4.69) is 0 Å². The van der Waals surface area contributed by atoms with Crippen LogP contribution in [0.5, 0.6) is 40.2 Å². The van der Waals surface area contributed by atoms with Gasteiger partial charge in [0, 0.05) is 7.11 Å². The molecule has 17 heteroatoms. The van der Waals surface area contributed by atoms with Crippen LogP contribution in [0.1, 0.15) is 103 Å². The van der Waals surface area contributed by atoms with Crippen molar-refractivity contribution < 1.29 is 81.1 Å². The molecule has 0 saturated heterocycles. The van der Waals surface area contributed by atoms with E-state index in [0.717, 1.165) is 50.1 Å². The molecule has 1 atom stereocenters. The summed E-state index contributed by atoms with van der Waals surface area (Å²) in [5.74, 6) is -2.89. The summed E-state index contributed by atoms with van der Waals surface area (Å²) in [5.41, 5.74) is 5.89. The van der Waals surface area contributed by atoms with E-state index in [9.17, 15) is 14.7 Å². The number of methoxy groups -OCH3 is 1. The lowest BCUT2D eigenvalue weighted by molar-refractivity contribution is -0.150. The number of carbonyl (C=O) groups excluding carboxylic acids is 4. The number of hydrogen-bond acceptors (Lipinski definition) is 17. The van der Waals surface area contributed by atoms with E-state index < -0.39 is 55.4 Å². The Morgan fingerprint density at radius 2 is 0.626 bits per heavy atom. The molecule has 0 aliphatic carbocycles. The van der Waals surface area contributed by atoms with Crippen LogP contribution >= 0.6 is 0 Å². The van der Waals surface area contributed by atoms with Crippen molar-refractivity contribution in [3.63, 3.8) is 0 Å². The average molecular weight is 1340 g/mol. The molecule has 10 aromatic carbocycles. The molecule has 508 valence electrons. The number of ether oxygens (including phenoxy) is 12. The molecule has 10 rings (SSSR count). The summed E-state index contributed by atoms with van der Waals surface area (Å²) < 4.78 is 74.6. The maximum absolute atomic E-state index is 15.1. The third kappa shape index (κ3) is 19.7. The molecule has 0 spiro atoms. The van der Waals surface area contributed by atoms with Crippen LogP contribution in [-0.2, 0) is 63.3 Å². The topological polar surface area (TPSA) is 199 Å². The zero-order valence-corrected chi connectivity index (χ0v) is 56.1. The Kier molecular flexibility index (Phi) is 24.5. The van der Waals surface area contributed by atoms with E-state index >= 15 is 9.59 Å². The maximum Gasteiger partial charge on any atom is 0.338 e. The number of benzene rings is 10. The van der Waals surface area contributed by atoms with Gasteiger partial charge < -0.3 is 61.9 Å². The zero-order chi connectivity index (χ0) is 69.5. The molecule has 0 fully saturated rings. The number of aryl methyl sites for hydroxylation is 3. The lowest BCUT2D eigenvalue weighted by Gasteiger charge is -2.34. The van der Waals surface area contributed by atoms with Crippen LogP contribution in [0.2, 0.25) is 0 Å². The van der Waals surface area contributed by atoms with Crippen molar-refractivity contribution in [2.45, 2.75) is 86.0 Å². The Morgan fingerprint density at radius 3 is 0.960 bits per heavy atom. The number of aliphatic hydroxyl groups is 1. The van der Waals surface area contributed by atoms with Crippen molar-refractivity contribution in [2.75, 3.05) is 33.7 Å². The number of rotatable bonds is 33. The van der Waals surface area contributed by atoms with Gasteiger partial charge in [-0.25, -0.2) is 19.2 Å². The molecule has 0 amide bonds. The van der Waals surface area contributed by atoms with Crippen molar-refractivity contribution in [3.05, 3.63) is 314 Å². The van der Waals surface area contributed by atoms with E-state index in [-0.39, 0.29) is 103 Å². The minimum atomic E-state index is -2.76. The molecular weight excluding hydrogens is 1260 g/mol. The highest BCUT2D eigenvalue weighted by Gasteiger charge is 2.45. The van der Waals surface area contributed by atoms with Crippen LogP contribution in [0.3, 0.4) is 0 Å². The molecule has 17 nitrogen and oxygen atoms in total. The molecule has 0 aliphatic rings. The predicted molar refractivity (Wildman–Crippen MR) is 372 cm³/mol. The number of hydrogen-bond donors (Lipinski definition) is 1. The summed E-state index contributed by atoms with van der Waals surface area (Å²) in [6, 6.07) is 68.5. The fourth-order valence-corrected chi connectivity index (χ4v) is 10.4. The number of esters is 4. The molecule has 0 aliphatic heterocycles. The summed E-state index contributed by atoms with van der Waals surface area (Å²) in [7, 11) is 1.45. The molecule has 1 unspecified atom stereocenters. The van der Waals surface area contributed by atoms with Crippen LogP contribution in [-0.4, -0.2) is 74.4 Å². The van der Waals surface area contributed by atoms with Gasteiger partial charge in [0.25, 0.3) is 0 Å². The lowest BCUT2D eigenvalue weighted by atomic mass is 9.98. The van der Waals surface area contributed by atoms with Crippen molar-refractivity contribution in [2.24, 2.45) is 0 Å². The van der Waals surface area contributed by atoms with Crippen LogP contribution in [0.4, 0.5) is 0 Å². The Morgan fingerprint density at radius 1 is 0.343 bits per heavy atom. The van der Waals surface area contributed by atoms with Gasteiger partial charge in [0.15, 0.2) is 41.5 Å². The van der Waals surface area contributed by atoms with Gasteiger partial charge in [-0.1, -0.05) is 182 Å². The fraction of sp³-hybridized carbons (Fsp3) is 0.220. The van der Waals surface area contributed by atoms with Gasteiger partial charge in [0.1, 0.15) is 65.2 Å². The van der Waals surface area contributed by atoms with Crippen molar-refractivity contribution in [3.8, 4) is 40.2 Å². The molecular formula is C82H78O17. The molecule has 0 aromatic heterocycles. The first-order valence-corrected chi connectivity index (χ1v) is 32.2. The first-order valence-electron chi connectivity index (χ1n) is 32.2. The summed E-state index contributed by atoms with van der Waals surface area (Å²) in [5, 5.41) is 13.5. The summed E-state index contributed by atoms with van der Waals surface area (Å²) >= 11 is 0. The van der Waals surface area contributed by atoms with E-state index in [0.29, 0.717) is 16.9 Å². The van der Waals surface area contributed by atoms with E-state index in [1.807, 2.05) is 203 Å². The van der Waals surface area contributed by atoms with Gasteiger partial charge in [0.05, 0.1) is 22.3 Å². The largest absolute Gasteiger partial charge is 0.485 e. The first-order chi connectivity index (χ1) is 48.1. The summed E-state index contributed by atoms with van der Waals surface area (Å²) in [6.07, 6.45) is -1.97. The quantitative estimate of drug-likeness (QED) is 0.0231. The molecule has 1 N–H and O–H groups in total. The maximum atomic E-state index is 15.1. The SMILES string of the molecule is COCOc1cc(C(=O)OC(COC(=O)c2cc(C)c(C)c(C)c2)C(O)(COC(=O)c2cc(OCc3ccccc3)c(OCc3ccccc3)c(OCc3ccccc3)c2)COC(=O)c2cc(OCc3ccccc3)c(OCc3ccccc3)c(OCc3ccccc3)c2)cc(C)c1C. The number of carbonyl (C=O) groups is 4. The van der Waals surface area contributed by atoms with E-state index in [1.54, 1.807) is 32.0 Å². The normalized spacial score (nSPS) is 11.3. The van der Waals surface area contributed by atoms with Crippen LogP contribution in [0, 0.1) is 34.6 Å². The zero-order valence-electron chi connectivity index (χ0n) is 56.1. The summed E-state index contributed by atoms with van der Waals surface area (Å²) in [6.45, 7) is 6.40. The highest BCUT2D eigenvalue weighted by molar-refractivity contribution is 5.93. The predicted octanol–water partition coefficient (Wildman–Crippen LogP) is 15.5. The molecule has 0 bridgehead atoms. The Labute approximate surface area is 576 Å². The Bertz CT molecular complexity index is 3970. The average Bonchev–Trinajstić information content (AvgIpc) is 0.820. The van der Waals surface area contributed by atoms with Gasteiger partial charge in [-0.2, -0.15) is 0 Å². The monoisotopic (exact) mass is 1330 g/mol. The van der Waals surface area contributed by atoms with Gasteiger partial charge in [-0.15, -0.1) is 0 Å². The fourth-order valence-electron chi connectivity index (χ4n) is 10.4.